The minimum Gasteiger partial charge on any atom is -0.386 e. The molecule has 6 heteroatoms. The molecule has 0 amide bonds. The molecule has 0 aromatic heterocycles. The minimum absolute atomic E-state index is 0.295. The molecule has 0 aliphatic heterocycles. The summed E-state index contributed by atoms with van der Waals surface area (Å²) in [6.07, 6.45) is -4.64. The first-order valence-corrected chi connectivity index (χ1v) is 5.05. The van der Waals surface area contributed by atoms with E-state index in [1.54, 1.807) is 6.92 Å². The predicted molar refractivity (Wildman–Crippen MR) is 54.8 cm³/mol. The van der Waals surface area contributed by atoms with Crippen molar-refractivity contribution in [2.24, 2.45) is 0 Å². The summed E-state index contributed by atoms with van der Waals surface area (Å²) in [6.45, 7) is 1.21. The van der Waals surface area contributed by atoms with Crippen molar-refractivity contribution in [2.45, 2.75) is 25.5 Å². The van der Waals surface area contributed by atoms with Gasteiger partial charge >= 0.3 is 0 Å². The van der Waals surface area contributed by atoms with Crippen LogP contribution in [-0.2, 0) is 0 Å². The maximum Gasteiger partial charge on any atom is 0.265 e. The first kappa shape index (κ1) is 13.9. The van der Waals surface area contributed by atoms with Crippen molar-refractivity contribution in [1.82, 2.24) is 5.32 Å². The zero-order valence-corrected chi connectivity index (χ0v) is 9.13. The molecule has 0 heterocycles. The second kappa shape index (κ2) is 5.97. The van der Waals surface area contributed by atoms with Crippen molar-refractivity contribution in [2.75, 3.05) is 6.54 Å². The van der Waals surface area contributed by atoms with Crippen LogP contribution in [0.2, 0.25) is 0 Å². The van der Waals surface area contributed by atoms with Crippen molar-refractivity contribution in [1.29, 1.82) is 0 Å². The molecule has 17 heavy (non-hydrogen) atoms. The fourth-order valence-corrected chi connectivity index (χ4v) is 1.33. The fourth-order valence-electron chi connectivity index (χ4n) is 1.33. The number of halogens is 4. The van der Waals surface area contributed by atoms with E-state index in [2.05, 4.69) is 5.32 Å². The van der Waals surface area contributed by atoms with E-state index in [1.807, 2.05) is 0 Å². The highest BCUT2D eigenvalue weighted by atomic mass is 19.3. The molecule has 0 saturated carbocycles. The number of alkyl halides is 2. The SMILES string of the molecule is CC(NCC(O)C(F)F)c1cc(F)cc(F)c1. The van der Waals surface area contributed by atoms with Crippen LogP contribution >= 0.6 is 0 Å². The van der Waals surface area contributed by atoms with Crippen LogP contribution in [0.15, 0.2) is 18.2 Å². The van der Waals surface area contributed by atoms with Gasteiger partial charge in [-0.15, -0.1) is 0 Å². The van der Waals surface area contributed by atoms with E-state index in [0.29, 0.717) is 5.56 Å². The van der Waals surface area contributed by atoms with Crippen LogP contribution in [-0.4, -0.2) is 24.2 Å². The Morgan fingerprint density at radius 1 is 1.18 bits per heavy atom. The molecule has 0 spiro atoms. The molecule has 96 valence electrons. The lowest BCUT2D eigenvalue weighted by Crippen LogP contribution is -2.33. The van der Waals surface area contributed by atoms with Crippen LogP contribution < -0.4 is 5.32 Å². The molecular formula is C11H13F4NO. The number of aliphatic hydroxyl groups excluding tert-OH is 1. The average molecular weight is 251 g/mol. The second-order valence-corrected chi connectivity index (χ2v) is 3.73. The van der Waals surface area contributed by atoms with Crippen molar-refractivity contribution in [3.63, 3.8) is 0 Å². The summed E-state index contributed by atoms with van der Waals surface area (Å²) in [5.41, 5.74) is 0.295. The second-order valence-electron chi connectivity index (χ2n) is 3.73. The number of rotatable bonds is 5. The van der Waals surface area contributed by atoms with E-state index >= 15 is 0 Å². The number of nitrogens with one attached hydrogen (secondary N) is 1. The third kappa shape index (κ3) is 4.32. The largest absolute Gasteiger partial charge is 0.386 e. The zero-order valence-electron chi connectivity index (χ0n) is 9.13. The van der Waals surface area contributed by atoms with Crippen LogP contribution in [0.25, 0.3) is 0 Å². The third-order valence-corrected chi connectivity index (χ3v) is 2.31. The van der Waals surface area contributed by atoms with Crippen molar-refractivity contribution >= 4 is 0 Å². The van der Waals surface area contributed by atoms with Crippen molar-refractivity contribution < 1.29 is 22.7 Å². The molecule has 2 unspecified atom stereocenters. The van der Waals surface area contributed by atoms with Gasteiger partial charge in [0.15, 0.2) is 0 Å². The van der Waals surface area contributed by atoms with Crippen molar-refractivity contribution in [3.05, 3.63) is 35.4 Å². The fraction of sp³-hybridized carbons (Fsp3) is 0.455. The van der Waals surface area contributed by atoms with Gasteiger partial charge < -0.3 is 10.4 Å². The first-order chi connectivity index (χ1) is 7.90. The Morgan fingerprint density at radius 2 is 1.71 bits per heavy atom. The Balaban J connectivity index is 2.60. The molecule has 2 atom stereocenters. The Morgan fingerprint density at radius 3 is 2.18 bits per heavy atom. The molecule has 0 aliphatic carbocycles. The Bertz CT molecular complexity index is 352. The van der Waals surface area contributed by atoms with E-state index in [4.69, 9.17) is 5.11 Å². The number of hydrogen-bond donors (Lipinski definition) is 2. The lowest BCUT2D eigenvalue weighted by Gasteiger charge is -2.17. The van der Waals surface area contributed by atoms with Gasteiger partial charge in [-0.25, -0.2) is 17.6 Å². The van der Waals surface area contributed by atoms with E-state index in [-0.39, 0.29) is 6.54 Å². The smallest absolute Gasteiger partial charge is 0.265 e. The summed E-state index contributed by atoms with van der Waals surface area (Å²) >= 11 is 0. The molecule has 0 radical (unpaired) electrons. The Labute approximate surface area is 96.3 Å². The van der Waals surface area contributed by atoms with Gasteiger partial charge in [0.05, 0.1) is 0 Å². The average Bonchev–Trinajstić information content (AvgIpc) is 2.23. The third-order valence-electron chi connectivity index (χ3n) is 2.31. The molecule has 2 nitrogen and oxygen atoms in total. The van der Waals surface area contributed by atoms with Crippen LogP contribution in [0.3, 0.4) is 0 Å². The molecule has 1 aromatic rings. The molecule has 0 bridgehead atoms. The summed E-state index contributed by atoms with van der Waals surface area (Å²) in [5.74, 6) is -1.47. The van der Waals surface area contributed by atoms with Crippen LogP contribution in [0.5, 0.6) is 0 Å². The maximum atomic E-state index is 12.9. The van der Waals surface area contributed by atoms with Gasteiger partial charge in [0.1, 0.15) is 17.7 Å². The molecule has 0 saturated heterocycles. The first-order valence-electron chi connectivity index (χ1n) is 5.05. The maximum absolute atomic E-state index is 12.9. The highest BCUT2D eigenvalue weighted by Crippen LogP contribution is 2.16. The van der Waals surface area contributed by atoms with Gasteiger partial charge in [0.25, 0.3) is 6.43 Å². The summed E-state index contributed by atoms with van der Waals surface area (Å²) in [6, 6.07) is 2.41. The molecule has 1 rings (SSSR count). The monoisotopic (exact) mass is 251 g/mol. The highest BCUT2D eigenvalue weighted by Gasteiger charge is 2.18. The molecular weight excluding hydrogens is 238 g/mol. The summed E-state index contributed by atoms with van der Waals surface area (Å²) in [5, 5.41) is 11.4. The molecule has 0 fully saturated rings. The zero-order chi connectivity index (χ0) is 13.0. The highest BCUT2D eigenvalue weighted by molar-refractivity contribution is 5.20. The quantitative estimate of drug-likeness (QED) is 0.787. The van der Waals surface area contributed by atoms with Crippen molar-refractivity contribution in [3.8, 4) is 0 Å². The molecule has 2 N–H and O–H groups in total. The minimum atomic E-state index is -2.85. The summed E-state index contributed by atoms with van der Waals surface area (Å²) in [4.78, 5) is 0. The number of benzene rings is 1. The summed E-state index contributed by atoms with van der Waals surface area (Å²) in [7, 11) is 0. The van der Waals surface area contributed by atoms with E-state index in [1.165, 1.54) is 0 Å². The van der Waals surface area contributed by atoms with Gasteiger partial charge in [0.2, 0.25) is 0 Å². The number of hydrogen-bond acceptors (Lipinski definition) is 2. The molecule has 1 aromatic carbocycles. The van der Waals surface area contributed by atoms with Gasteiger partial charge in [-0.1, -0.05) is 0 Å². The van der Waals surface area contributed by atoms with E-state index < -0.39 is 30.2 Å². The summed E-state index contributed by atoms with van der Waals surface area (Å²) < 4.78 is 49.8. The van der Waals surface area contributed by atoms with Crippen LogP contribution in [0, 0.1) is 11.6 Å². The number of aliphatic hydroxyl groups is 1. The Kier molecular flexibility index (Phi) is 4.89. The predicted octanol–water partition coefficient (Wildman–Crippen LogP) is 2.24. The van der Waals surface area contributed by atoms with Gasteiger partial charge in [-0.3, -0.25) is 0 Å². The van der Waals surface area contributed by atoms with Crippen LogP contribution in [0.4, 0.5) is 17.6 Å². The normalized spacial score (nSPS) is 15.0. The van der Waals surface area contributed by atoms with Gasteiger partial charge in [0, 0.05) is 18.7 Å². The Hall–Kier alpha value is -1.14. The lowest BCUT2D eigenvalue weighted by atomic mass is 10.1. The topological polar surface area (TPSA) is 32.3 Å². The van der Waals surface area contributed by atoms with Crippen LogP contribution in [0.1, 0.15) is 18.5 Å². The standard InChI is InChI=1S/C11H13F4NO/c1-6(16-5-10(17)11(14)15)7-2-8(12)4-9(13)3-7/h2-4,6,10-11,16-17H,5H2,1H3. The van der Waals surface area contributed by atoms with Gasteiger partial charge in [-0.05, 0) is 24.6 Å². The van der Waals surface area contributed by atoms with Gasteiger partial charge in [-0.2, -0.15) is 0 Å². The van der Waals surface area contributed by atoms with E-state index in [0.717, 1.165) is 18.2 Å². The molecule has 0 aliphatic rings. The lowest BCUT2D eigenvalue weighted by molar-refractivity contribution is -0.00440. The van der Waals surface area contributed by atoms with E-state index in [9.17, 15) is 17.6 Å².